The molecule has 0 heterocycles. The molecule has 0 saturated heterocycles. The minimum atomic E-state index is -0.961. The highest BCUT2D eigenvalue weighted by molar-refractivity contribution is 8.00. The molecule has 2 rings (SSSR count). The number of carboxylic acid groups (broad SMARTS) is 1. The zero-order valence-corrected chi connectivity index (χ0v) is 10.9. The molecule has 0 radical (unpaired) electrons. The fourth-order valence-electron chi connectivity index (χ4n) is 1.58. The fraction of sp³-hybridized carbons (Fsp3) is 0.0667. The van der Waals surface area contributed by atoms with Gasteiger partial charge in [0.1, 0.15) is 0 Å². The van der Waals surface area contributed by atoms with Gasteiger partial charge in [0, 0.05) is 10.5 Å². The van der Waals surface area contributed by atoms with Gasteiger partial charge in [0.2, 0.25) is 0 Å². The predicted molar refractivity (Wildman–Crippen MR) is 74.9 cm³/mol. The lowest BCUT2D eigenvalue weighted by molar-refractivity contribution is 0.0696. The van der Waals surface area contributed by atoms with Crippen molar-refractivity contribution in [3.8, 4) is 0 Å². The number of carboxylic acids is 1. The van der Waals surface area contributed by atoms with Crippen molar-refractivity contribution in [1.82, 2.24) is 0 Å². The van der Waals surface area contributed by atoms with Crippen molar-refractivity contribution in [3.05, 3.63) is 65.7 Å². The minimum absolute atomic E-state index is 0.0336. The largest absolute Gasteiger partial charge is 0.478 e. The number of hydrogen-bond acceptors (Lipinski definition) is 3. The Labute approximate surface area is 115 Å². The number of rotatable bonds is 5. The summed E-state index contributed by atoms with van der Waals surface area (Å²) in [5, 5.41) is 8.89. The van der Waals surface area contributed by atoms with Gasteiger partial charge in [-0.05, 0) is 18.2 Å². The highest BCUT2D eigenvalue weighted by atomic mass is 32.2. The van der Waals surface area contributed by atoms with Crippen molar-refractivity contribution in [1.29, 1.82) is 0 Å². The Morgan fingerprint density at radius 1 is 0.947 bits per heavy atom. The van der Waals surface area contributed by atoms with Gasteiger partial charge in [-0.1, -0.05) is 36.4 Å². The van der Waals surface area contributed by atoms with Crippen LogP contribution in [0.15, 0.2) is 59.5 Å². The van der Waals surface area contributed by atoms with Crippen LogP contribution in [0.25, 0.3) is 0 Å². The Morgan fingerprint density at radius 2 is 1.63 bits per heavy atom. The van der Waals surface area contributed by atoms with E-state index in [2.05, 4.69) is 0 Å². The van der Waals surface area contributed by atoms with Crippen LogP contribution in [-0.4, -0.2) is 22.6 Å². The van der Waals surface area contributed by atoms with E-state index < -0.39 is 5.97 Å². The molecule has 0 atom stereocenters. The average Bonchev–Trinajstić information content (AvgIpc) is 2.46. The summed E-state index contributed by atoms with van der Waals surface area (Å²) in [7, 11) is 0. The van der Waals surface area contributed by atoms with Crippen LogP contribution in [0, 0.1) is 0 Å². The van der Waals surface area contributed by atoms with Gasteiger partial charge in [0.15, 0.2) is 5.78 Å². The summed E-state index contributed by atoms with van der Waals surface area (Å²) in [6, 6.07) is 15.6. The van der Waals surface area contributed by atoms with Crippen molar-refractivity contribution < 1.29 is 14.7 Å². The first-order valence-corrected chi connectivity index (χ1v) is 6.70. The smallest absolute Gasteiger partial charge is 0.335 e. The van der Waals surface area contributed by atoms with Gasteiger partial charge in [-0.25, -0.2) is 4.79 Å². The summed E-state index contributed by atoms with van der Waals surface area (Å²) >= 11 is 1.34. The van der Waals surface area contributed by atoms with Gasteiger partial charge in [0.25, 0.3) is 0 Å². The zero-order chi connectivity index (χ0) is 13.7. The molecule has 2 aromatic carbocycles. The first kappa shape index (κ1) is 13.4. The number of benzene rings is 2. The van der Waals surface area contributed by atoms with Crippen LogP contribution in [-0.2, 0) is 0 Å². The molecule has 0 saturated carbocycles. The Morgan fingerprint density at radius 3 is 2.32 bits per heavy atom. The highest BCUT2D eigenvalue weighted by Gasteiger charge is 2.07. The lowest BCUT2D eigenvalue weighted by Gasteiger charge is -2.02. The van der Waals surface area contributed by atoms with Crippen LogP contribution < -0.4 is 0 Å². The second-order valence-electron chi connectivity index (χ2n) is 3.91. The number of aromatic carboxylic acids is 1. The topological polar surface area (TPSA) is 54.4 Å². The third-order valence-corrected chi connectivity index (χ3v) is 3.54. The Hall–Kier alpha value is -2.07. The van der Waals surface area contributed by atoms with Crippen LogP contribution in [0.5, 0.6) is 0 Å². The van der Waals surface area contributed by atoms with Gasteiger partial charge < -0.3 is 5.11 Å². The Bertz CT molecular complexity index is 593. The van der Waals surface area contributed by atoms with Crippen molar-refractivity contribution in [2.75, 3.05) is 5.75 Å². The molecule has 4 heteroatoms. The van der Waals surface area contributed by atoms with Crippen molar-refractivity contribution in [2.45, 2.75) is 4.90 Å². The zero-order valence-electron chi connectivity index (χ0n) is 10.1. The second-order valence-corrected chi connectivity index (χ2v) is 4.96. The van der Waals surface area contributed by atoms with Crippen LogP contribution in [0.4, 0.5) is 0 Å². The Balaban J connectivity index is 2.01. The molecule has 3 nitrogen and oxygen atoms in total. The molecule has 0 aliphatic heterocycles. The molecule has 2 aromatic rings. The normalized spacial score (nSPS) is 10.1. The summed E-state index contributed by atoms with van der Waals surface area (Å²) in [6.07, 6.45) is 0. The highest BCUT2D eigenvalue weighted by Crippen LogP contribution is 2.20. The summed E-state index contributed by atoms with van der Waals surface area (Å²) in [5.41, 5.74) is 0.904. The third-order valence-electron chi connectivity index (χ3n) is 2.55. The first-order chi connectivity index (χ1) is 9.16. The van der Waals surface area contributed by atoms with E-state index in [0.29, 0.717) is 11.3 Å². The number of Topliss-reactive ketones (excluding diaryl/α,β-unsaturated/α-hetero) is 1. The van der Waals surface area contributed by atoms with E-state index in [4.69, 9.17) is 5.11 Å². The molecule has 1 N–H and O–H groups in total. The van der Waals surface area contributed by atoms with E-state index >= 15 is 0 Å². The van der Waals surface area contributed by atoms with Crippen LogP contribution >= 0.6 is 11.8 Å². The number of carbonyl (C=O) groups excluding carboxylic acids is 1. The molecule has 0 fully saturated rings. The lowest BCUT2D eigenvalue weighted by Crippen LogP contribution is -2.02. The maximum atomic E-state index is 11.9. The van der Waals surface area contributed by atoms with Gasteiger partial charge in [0.05, 0.1) is 11.3 Å². The van der Waals surface area contributed by atoms with E-state index in [0.717, 1.165) is 4.90 Å². The summed E-state index contributed by atoms with van der Waals surface area (Å²) in [4.78, 5) is 23.5. The molecule has 0 unspecified atom stereocenters. The molecule has 0 spiro atoms. The lowest BCUT2D eigenvalue weighted by atomic mass is 10.2. The molecule has 0 aliphatic carbocycles. The van der Waals surface area contributed by atoms with E-state index in [1.807, 2.05) is 18.2 Å². The predicted octanol–water partition coefficient (Wildman–Crippen LogP) is 3.36. The van der Waals surface area contributed by atoms with Crippen LogP contribution in [0.3, 0.4) is 0 Å². The van der Waals surface area contributed by atoms with Gasteiger partial charge >= 0.3 is 5.97 Å². The SMILES string of the molecule is O=C(O)c1cccc(SCC(=O)c2ccccc2)c1. The quantitative estimate of drug-likeness (QED) is 0.670. The molecular weight excluding hydrogens is 260 g/mol. The molecule has 0 aliphatic rings. The monoisotopic (exact) mass is 272 g/mol. The number of ketones is 1. The molecular formula is C15H12O3S. The molecule has 0 bridgehead atoms. The number of hydrogen-bond donors (Lipinski definition) is 1. The molecule has 0 aromatic heterocycles. The number of thioether (sulfide) groups is 1. The standard InChI is InChI=1S/C15H12O3S/c16-14(11-5-2-1-3-6-11)10-19-13-8-4-7-12(9-13)15(17)18/h1-9H,10H2,(H,17,18). The van der Waals surface area contributed by atoms with Gasteiger partial charge in [-0.2, -0.15) is 0 Å². The molecule has 19 heavy (non-hydrogen) atoms. The second kappa shape index (κ2) is 6.20. The van der Waals surface area contributed by atoms with E-state index in [1.165, 1.54) is 17.8 Å². The number of carbonyl (C=O) groups is 2. The minimum Gasteiger partial charge on any atom is -0.478 e. The van der Waals surface area contributed by atoms with Gasteiger partial charge in [-0.3, -0.25) is 4.79 Å². The van der Waals surface area contributed by atoms with Crippen molar-refractivity contribution in [3.63, 3.8) is 0 Å². The van der Waals surface area contributed by atoms with E-state index in [-0.39, 0.29) is 11.3 Å². The third kappa shape index (κ3) is 3.69. The van der Waals surface area contributed by atoms with Crippen LogP contribution in [0.2, 0.25) is 0 Å². The van der Waals surface area contributed by atoms with Gasteiger partial charge in [-0.15, -0.1) is 11.8 Å². The molecule has 96 valence electrons. The summed E-state index contributed by atoms with van der Waals surface area (Å²) in [5.74, 6) is -0.629. The first-order valence-electron chi connectivity index (χ1n) is 5.71. The Kier molecular flexibility index (Phi) is 4.36. The average molecular weight is 272 g/mol. The van der Waals surface area contributed by atoms with Crippen molar-refractivity contribution in [2.24, 2.45) is 0 Å². The van der Waals surface area contributed by atoms with E-state index in [1.54, 1.807) is 30.3 Å². The fourth-order valence-corrected chi connectivity index (χ4v) is 2.42. The van der Waals surface area contributed by atoms with Crippen molar-refractivity contribution >= 4 is 23.5 Å². The molecule has 0 amide bonds. The maximum Gasteiger partial charge on any atom is 0.335 e. The summed E-state index contributed by atoms with van der Waals surface area (Å²) < 4.78 is 0. The summed E-state index contributed by atoms with van der Waals surface area (Å²) in [6.45, 7) is 0. The maximum absolute atomic E-state index is 11.9. The van der Waals surface area contributed by atoms with Crippen LogP contribution in [0.1, 0.15) is 20.7 Å². The van der Waals surface area contributed by atoms with E-state index in [9.17, 15) is 9.59 Å².